The van der Waals surface area contributed by atoms with Gasteiger partial charge in [0.05, 0.1) is 5.69 Å². The quantitative estimate of drug-likeness (QED) is 0.937. The number of hydrogen-bond donors (Lipinski definition) is 1. The van der Waals surface area contributed by atoms with E-state index in [2.05, 4.69) is 53.8 Å². The summed E-state index contributed by atoms with van der Waals surface area (Å²) in [6.07, 6.45) is 5.45. The Kier molecular flexibility index (Phi) is 4.27. The predicted octanol–water partition coefficient (Wildman–Crippen LogP) is 2.54. The summed E-state index contributed by atoms with van der Waals surface area (Å²) in [7, 11) is 0. The van der Waals surface area contributed by atoms with Crippen LogP contribution in [-0.2, 0) is 6.54 Å². The first-order chi connectivity index (χ1) is 10.2. The van der Waals surface area contributed by atoms with Gasteiger partial charge in [-0.3, -0.25) is 4.90 Å². The Morgan fingerprint density at radius 1 is 1.43 bits per heavy atom. The first kappa shape index (κ1) is 14.5. The number of piperazine rings is 1. The normalized spacial score (nSPS) is 25.3. The molecule has 0 amide bonds. The molecule has 1 fully saturated rings. The summed E-state index contributed by atoms with van der Waals surface area (Å²) in [6.45, 7) is 10.0. The fraction of sp³-hybridized carbons (Fsp3) is 0.588. The molecule has 1 aliphatic heterocycles. The number of rotatable bonds is 4. The van der Waals surface area contributed by atoms with Crippen LogP contribution in [0.25, 0.3) is 5.65 Å². The van der Waals surface area contributed by atoms with Crippen molar-refractivity contribution in [1.82, 2.24) is 19.6 Å². The maximum atomic E-state index is 4.73. The highest BCUT2D eigenvalue weighted by Crippen LogP contribution is 2.18. The fourth-order valence-electron chi connectivity index (χ4n) is 3.11. The van der Waals surface area contributed by atoms with Gasteiger partial charge in [-0.2, -0.15) is 0 Å². The molecular formula is C17H26N4. The number of nitrogens with one attached hydrogen (secondary N) is 1. The van der Waals surface area contributed by atoms with Crippen LogP contribution in [0.5, 0.6) is 0 Å². The molecule has 0 aliphatic carbocycles. The van der Waals surface area contributed by atoms with Crippen molar-refractivity contribution in [3.63, 3.8) is 0 Å². The second-order valence-corrected chi connectivity index (χ2v) is 6.38. The van der Waals surface area contributed by atoms with Crippen molar-refractivity contribution >= 4 is 5.65 Å². The number of aromatic nitrogens is 2. The molecule has 1 aliphatic rings. The van der Waals surface area contributed by atoms with Crippen molar-refractivity contribution in [3.05, 3.63) is 36.3 Å². The van der Waals surface area contributed by atoms with Crippen LogP contribution in [-0.4, -0.2) is 39.5 Å². The predicted molar refractivity (Wildman–Crippen MR) is 86.3 cm³/mol. The molecule has 3 heterocycles. The van der Waals surface area contributed by atoms with Crippen LogP contribution >= 0.6 is 0 Å². The van der Waals surface area contributed by atoms with Gasteiger partial charge in [-0.25, -0.2) is 4.98 Å². The summed E-state index contributed by atoms with van der Waals surface area (Å²) in [6, 6.07) is 7.31. The summed E-state index contributed by atoms with van der Waals surface area (Å²) in [5.41, 5.74) is 2.20. The monoisotopic (exact) mass is 286 g/mol. The summed E-state index contributed by atoms with van der Waals surface area (Å²) in [4.78, 5) is 7.30. The third-order valence-electron chi connectivity index (χ3n) is 4.84. The van der Waals surface area contributed by atoms with Gasteiger partial charge in [-0.05, 0) is 25.0 Å². The Labute approximate surface area is 127 Å². The lowest BCUT2D eigenvalue weighted by atomic mass is 9.95. The maximum absolute atomic E-state index is 4.73. The molecule has 1 saturated heterocycles. The van der Waals surface area contributed by atoms with Crippen molar-refractivity contribution in [3.8, 4) is 0 Å². The van der Waals surface area contributed by atoms with Gasteiger partial charge < -0.3 is 9.72 Å². The van der Waals surface area contributed by atoms with E-state index in [1.807, 2.05) is 12.1 Å². The molecule has 0 radical (unpaired) electrons. The minimum atomic E-state index is 0.565. The molecule has 1 N–H and O–H groups in total. The van der Waals surface area contributed by atoms with E-state index in [9.17, 15) is 0 Å². The standard InChI is InChI=1S/C17H26N4/c1-4-13(2)16-12-21(14(3)9-18-16)11-15-10-20-8-6-5-7-17(20)19-15/h5-8,10,13-14,16,18H,4,9,11-12H2,1-3H3. The van der Waals surface area contributed by atoms with Crippen molar-refractivity contribution < 1.29 is 0 Å². The molecule has 2 aromatic rings. The third kappa shape index (κ3) is 3.11. The average Bonchev–Trinajstić information content (AvgIpc) is 2.91. The minimum Gasteiger partial charge on any atom is -0.311 e. The summed E-state index contributed by atoms with van der Waals surface area (Å²) >= 11 is 0. The van der Waals surface area contributed by atoms with Gasteiger partial charge >= 0.3 is 0 Å². The first-order valence-electron chi connectivity index (χ1n) is 8.07. The molecular weight excluding hydrogens is 260 g/mol. The third-order valence-corrected chi connectivity index (χ3v) is 4.84. The van der Waals surface area contributed by atoms with Crippen molar-refractivity contribution in [2.45, 2.75) is 45.8 Å². The Morgan fingerprint density at radius 2 is 2.29 bits per heavy atom. The molecule has 2 aromatic heterocycles. The molecule has 4 heteroatoms. The number of pyridine rings is 1. The van der Waals surface area contributed by atoms with Crippen LogP contribution in [0.1, 0.15) is 32.9 Å². The molecule has 3 atom stereocenters. The van der Waals surface area contributed by atoms with Gasteiger partial charge in [0.1, 0.15) is 5.65 Å². The molecule has 3 unspecified atom stereocenters. The fourth-order valence-corrected chi connectivity index (χ4v) is 3.11. The number of fused-ring (bicyclic) bond motifs is 1. The van der Waals surface area contributed by atoms with Crippen molar-refractivity contribution in [1.29, 1.82) is 0 Å². The zero-order valence-corrected chi connectivity index (χ0v) is 13.3. The van der Waals surface area contributed by atoms with E-state index >= 15 is 0 Å². The molecule has 3 rings (SSSR count). The molecule has 0 spiro atoms. The second-order valence-electron chi connectivity index (χ2n) is 6.38. The van der Waals surface area contributed by atoms with Gasteiger partial charge in [-0.1, -0.05) is 26.3 Å². The van der Waals surface area contributed by atoms with E-state index in [1.54, 1.807) is 0 Å². The Morgan fingerprint density at radius 3 is 3.05 bits per heavy atom. The average molecular weight is 286 g/mol. The van der Waals surface area contributed by atoms with E-state index < -0.39 is 0 Å². The zero-order chi connectivity index (χ0) is 14.8. The van der Waals surface area contributed by atoms with Gasteiger partial charge in [0.15, 0.2) is 0 Å². The van der Waals surface area contributed by atoms with Gasteiger partial charge in [0, 0.05) is 44.1 Å². The van der Waals surface area contributed by atoms with Crippen LogP contribution in [0, 0.1) is 5.92 Å². The topological polar surface area (TPSA) is 32.6 Å². The van der Waals surface area contributed by atoms with Crippen molar-refractivity contribution in [2.24, 2.45) is 5.92 Å². The summed E-state index contributed by atoms with van der Waals surface area (Å²) < 4.78 is 2.11. The minimum absolute atomic E-state index is 0.565. The lowest BCUT2D eigenvalue weighted by Gasteiger charge is -2.40. The lowest BCUT2D eigenvalue weighted by molar-refractivity contribution is 0.110. The highest BCUT2D eigenvalue weighted by molar-refractivity contribution is 5.39. The molecule has 0 aromatic carbocycles. The van der Waals surface area contributed by atoms with E-state index in [1.165, 1.54) is 6.42 Å². The Balaban J connectivity index is 1.72. The number of imidazole rings is 1. The van der Waals surface area contributed by atoms with Crippen LogP contribution in [0.2, 0.25) is 0 Å². The highest BCUT2D eigenvalue weighted by Gasteiger charge is 2.28. The molecule has 0 bridgehead atoms. The molecule has 0 saturated carbocycles. The van der Waals surface area contributed by atoms with Gasteiger partial charge in [0.25, 0.3) is 0 Å². The van der Waals surface area contributed by atoms with Crippen molar-refractivity contribution in [2.75, 3.05) is 13.1 Å². The molecule has 114 valence electrons. The van der Waals surface area contributed by atoms with E-state index in [0.717, 1.165) is 36.9 Å². The Hall–Kier alpha value is -1.39. The molecule has 4 nitrogen and oxygen atoms in total. The lowest BCUT2D eigenvalue weighted by Crippen LogP contribution is -2.56. The largest absolute Gasteiger partial charge is 0.311 e. The second kappa shape index (κ2) is 6.16. The summed E-state index contributed by atoms with van der Waals surface area (Å²) in [5, 5.41) is 3.69. The SMILES string of the molecule is CCC(C)C1CN(Cc2cn3ccccc3n2)C(C)CN1. The van der Waals surface area contributed by atoms with Crippen LogP contribution < -0.4 is 5.32 Å². The summed E-state index contributed by atoms with van der Waals surface area (Å²) in [5.74, 6) is 0.723. The van der Waals surface area contributed by atoms with Crippen LogP contribution in [0.3, 0.4) is 0 Å². The van der Waals surface area contributed by atoms with E-state index in [0.29, 0.717) is 12.1 Å². The van der Waals surface area contributed by atoms with Crippen LogP contribution in [0.15, 0.2) is 30.6 Å². The number of nitrogens with zero attached hydrogens (tertiary/aromatic N) is 3. The molecule has 21 heavy (non-hydrogen) atoms. The Bertz CT molecular complexity index is 558. The zero-order valence-electron chi connectivity index (χ0n) is 13.3. The smallest absolute Gasteiger partial charge is 0.137 e. The van der Waals surface area contributed by atoms with Gasteiger partial charge in [0.2, 0.25) is 0 Å². The van der Waals surface area contributed by atoms with Gasteiger partial charge in [-0.15, -0.1) is 0 Å². The van der Waals surface area contributed by atoms with E-state index in [4.69, 9.17) is 4.98 Å². The van der Waals surface area contributed by atoms with Crippen LogP contribution in [0.4, 0.5) is 0 Å². The first-order valence-corrected chi connectivity index (χ1v) is 8.07. The highest BCUT2D eigenvalue weighted by atomic mass is 15.2. The van der Waals surface area contributed by atoms with E-state index in [-0.39, 0.29) is 0 Å². The number of hydrogen-bond acceptors (Lipinski definition) is 3. The maximum Gasteiger partial charge on any atom is 0.137 e.